The Bertz CT molecular complexity index is 1730. The molecule has 0 spiro atoms. The number of guanidine groups is 1. The number of β-lactam (4-membered cyclic amide) rings is 1. The number of carboxylic acid groups (broad SMARTS) is 2. The van der Waals surface area contributed by atoms with Crippen LogP contribution in [0, 0.1) is 0 Å². The van der Waals surface area contributed by atoms with E-state index in [1.807, 2.05) is 20.5 Å². The number of amides is 2. The highest BCUT2D eigenvalue weighted by Crippen LogP contribution is 2.41. The Kier molecular flexibility index (Phi) is 7.96. The molecule has 2 aromatic rings. The third-order valence-corrected chi connectivity index (χ3v) is 9.60. The van der Waals surface area contributed by atoms with Crippen molar-refractivity contribution < 1.29 is 38.9 Å². The largest absolute Gasteiger partial charge is 0.478 e. The lowest BCUT2D eigenvalue weighted by atomic mass is 10.0. The molecule has 6 rings (SSSR count). The van der Waals surface area contributed by atoms with Crippen molar-refractivity contribution in [1.29, 1.82) is 0 Å². The summed E-state index contributed by atoms with van der Waals surface area (Å²) in [4.78, 5) is 67.2. The highest BCUT2D eigenvalue weighted by atomic mass is 32.2. The molecule has 0 aliphatic carbocycles. The lowest BCUT2D eigenvalue weighted by Gasteiger charge is -2.49. The van der Waals surface area contributed by atoms with Crippen LogP contribution < -0.4 is 31.7 Å². The molecule has 0 unspecified atom stereocenters. The van der Waals surface area contributed by atoms with Crippen LogP contribution in [0.3, 0.4) is 0 Å². The highest BCUT2D eigenvalue weighted by Gasteiger charge is 2.55. The van der Waals surface area contributed by atoms with Crippen LogP contribution in [0.2, 0.25) is 0 Å². The molecule has 2 atom stereocenters. The molecule has 244 valence electrons. The molecule has 0 radical (unpaired) electrons. The zero-order chi connectivity index (χ0) is 32.9. The molecule has 6 heterocycles. The first-order valence-corrected chi connectivity index (χ1v) is 15.9. The number of thioether (sulfide) groups is 1. The minimum Gasteiger partial charge on any atom is -0.478 e. The number of nitrogens with one attached hydrogen (secondary N) is 2. The van der Waals surface area contributed by atoms with Gasteiger partial charge in [-0.3, -0.25) is 19.5 Å². The summed E-state index contributed by atoms with van der Waals surface area (Å²) in [5, 5.41) is 28.5. The number of hydrogen-bond acceptors (Lipinski definition) is 15. The quantitative estimate of drug-likeness (QED) is 0.0702. The van der Waals surface area contributed by atoms with Gasteiger partial charge < -0.3 is 42.1 Å². The summed E-state index contributed by atoms with van der Waals surface area (Å²) < 4.78 is 7.87. The fourth-order valence-electron chi connectivity index (χ4n) is 5.35. The van der Waals surface area contributed by atoms with Crippen LogP contribution >= 0.6 is 23.3 Å². The maximum Gasteiger partial charge on any atom is 0.352 e. The number of nitrogens with two attached hydrogens (primary N) is 2. The van der Waals surface area contributed by atoms with Crippen molar-refractivity contribution in [3.05, 3.63) is 23.3 Å². The lowest BCUT2D eigenvalue weighted by molar-refractivity contribution is -0.766. The van der Waals surface area contributed by atoms with Crippen molar-refractivity contribution in [3.8, 4) is 0 Å². The van der Waals surface area contributed by atoms with E-state index in [4.69, 9.17) is 16.3 Å². The summed E-state index contributed by atoms with van der Waals surface area (Å²) in [6.45, 7) is 5.36. The fraction of sp³-hybridized carbons (Fsp3) is 0.480. The summed E-state index contributed by atoms with van der Waals surface area (Å²) in [7, 11) is 0. The standard InChI is InChI=1S/C25H30N12O7S2/c1-25(2,22(42)43)44-32-13(16-31-24(27)46-33-16)18(38)30-14-19(39)37-15(21(40)41)11(10-45-20(14)37)8-34-9-12(17-28-5-7-36(17)34)35-6-3-4-29-23(35)26/h9,14,20H,3-8,10H2,1-2H3,(H7,26,27,29,30,31,33,38,40,41,42,43)/p+1/b32-13+/t14-,20-/m1/s1. The number of fused-ring (bicyclic) bond motifs is 2. The van der Waals surface area contributed by atoms with Crippen LogP contribution in [-0.4, -0.2) is 107 Å². The molecule has 4 aliphatic rings. The molecule has 19 nitrogen and oxygen atoms in total. The number of nitrogens with zero attached hydrogens (tertiary/aromatic N) is 8. The van der Waals surface area contributed by atoms with Gasteiger partial charge in [0.2, 0.25) is 23.3 Å². The second kappa shape index (κ2) is 11.8. The average Bonchev–Trinajstić information content (AvgIpc) is 3.74. The normalized spacial score (nSPS) is 21.2. The molecule has 46 heavy (non-hydrogen) atoms. The number of aliphatic imine (C=N–C) groups is 1. The molecule has 21 heteroatoms. The van der Waals surface area contributed by atoms with Gasteiger partial charge in [0, 0.05) is 42.5 Å². The van der Waals surface area contributed by atoms with Crippen LogP contribution in [0.25, 0.3) is 0 Å². The van der Waals surface area contributed by atoms with Crippen molar-refractivity contribution in [2.24, 2.45) is 15.9 Å². The maximum absolute atomic E-state index is 13.4. The van der Waals surface area contributed by atoms with Gasteiger partial charge in [-0.2, -0.15) is 9.36 Å². The van der Waals surface area contributed by atoms with Crippen LogP contribution in [0.4, 0.5) is 16.6 Å². The van der Waals surface area contributed by atoms with E-state index in [-0.39, 0.29) is 29.0 Å². The SMILES string of the molecule is CC(C)(O/N=C(/C(=O)N[C@@H]1C(=O)N2C(C(=O)O)=C(C[n+]3cc(N4CCCN=C4N)c4n3CCN4)CS[C@H]12)c1nsc(N)n1)C(=O)O. The van der Waals surface area contributed by atoms with Gasteiger partial charge in [-0.25, -0.2) is 9.59 Å². The number of hydrogen-bond donors (Lipinski definition) is 6. The van der Waals surface area contributed by atoms with E-state index in [0.717, 1.165) is 29.5 Å². The van der Waals surface area contributed by atoms with Gasteiger partial charge >= 0.3 is 11.9 Å². The van der Waals surface area contributed by atoms with Crippen LogP contribution in [-0.2, 0) is 37.1 Å². The molecular formula is C25H31N12O7S2+. The van der Waals surface area contributed by atoms with Crippen molar-refractivity contribution in [2.75, 3.05) is 41.3 Å². The number of aliphatic carboxylic acids is 2. The molecule has 0 aromatic carbocycles. The van der Waals surface area contributed by atoms with Gasteiger partial charge in [0.1, 0.15) is 17.1 Å². The topological polar surface area (TPSA) is 260 Å². The zero-order valence-electron chi connectivity index (χ0n) is 24.7. The van der Waals surface area contributed by atoms with Crippen LogP contribution in [0.15, 0.2) is 27.6 Å². The summed E-state index contributed by atoms with van der Waals surface area (Å²) in [6.07, 6.45) is 2.74. The second-order valence-corrected chi connectivity index (χ2v) is 13.1. The molecule has 0 bridgehead atoms. The monoisotopic (exact) mass is 675 g/mol. The Morgan fingerprint density at radius 3 is 2.74 bits per heavy atom. The van der Waals surface area contributed by atoms with Crippen LogP contribution in [0.5, 0.6) is 0 Å². The van der Waals surface area contributed by atoms with E-state index < -0.39 is 46.5 Å². The van der Waals surface area contributed by atoms with Gasteiger partial charge in [-0.05, 0) is 20.3 Å². The Morgan fingerprint density at radius 1 is 1.28 bits per heavy atom. The molecule has 8 N–H and O–H groups in total. The van der Waals surface area contributed by atoms with E-state index in [2.05, 4.69) is 30.1 Å². The van der Waals surface area contributed by atoms with E-state index >= 15 is 0 Å². The van der Waals surface area contributed by atoms with Gasteiger partial charge in [0.15, 0.2) is 29.1 Å². The fourth-order valence-corrected chi connectivity index (χ4v) is 7.12. The first-order chi connectivity index (χ1) is 21.9. The van der Waals surface area contributed by atoms with Crippen molar-refractivity contribution in [2.45, 2.75) is 50.4 Å². The van der Waals surface area contributed by atoms with Gasteiger partial charge in [0.25, 0.3) is 11.8 Å². The molecule has 0 saturated carbocycles. The summed E-state index contributed by atoms with van der Waals surface area (Å²) in [5.41, 5.74) is 10.8. The number of rotatable bonds is 10. The van der Waals surface area contributed by atoms with Gasteiger partial charge in [0.05, 0.1) is 6.54 Å². The lowest BCUT2D eigenvalue weighted by Crippen LogP contribution is -2.71. The number of nitrogen functional groups attached to an aromatic ring is 1. The molecule has 2 aromatic heterocycles. The zero-order valence-corrected chi connectivity index (χ0v) is 26.3. The Labute approximate surface area is 269 Å². The minimum absolute atomic E-state index is 0.0208. The predicted octanol–water partition coefficient (Wildman–Crippen LogP) is -1.82. The molecular weight excluding hydrogens is 644 g/mol. The summed E-state index contributed by atoms with van der Waals surface area (Å²) in [6, 6.07) is -1.11. The Morgan fingerprint density at radius 2 is 2.07 bits per heavy atom. The number of aromatic nitrogens is 4. The molecule has 4 aliphatic heterocycles. The Hall–Kier alpha value is -4.92. The summed E-state index contributed by atoms with van der Waals surface area (Å²) >= 11 is 2.08. The average molecular weight is 676 g/mol. The van der Waals surface area contributed by atoms with E-state index in [9.17, 15) is 29.4 Å². The number of carbonyl (C=O) groups excluding carboxylic acids is 2. The smallest absolute Gasteiger partial charge is 0.352 e. The first kappa shape index (κ1) is 31.1. The van der Waals surface area contributed by atoms with E-state index in [1.165, 1.54) is 30.5 Å². The van der Waals surface area contributed by atoms with E-state index in [0.29, 0.717) is 37.7 Å². The highest BCUT2D eigenvalue weighted by molar-refractivity contribution is 8.00. The van der Waals surface area contributed by atoms with Crippen molar-refractivity contribution in [1.82, 2.24) is 24.3 Å². The van der Waals surface area contributed by atoms with E-state index in [1.54, 1.807) is 0 Å². The predicted molar refractivity (Wildman–Crippen MR) is 165 cm³/mol. The number of oxime groups is 1. The number of carbonyl (C=O) groups is 4. The molecule has 1 fully saturated rings. The summed E-state index contributed by atoms with van der Waals surface area (Å²) in [5.74, 6) is -2.86. The van der Waals surface area contributed by atoms with Crippen molar-refractivity contribution >= 4 is 75.4 Å². The van der Waals surface area contributed by atoms with Gasteiger partial charge in [-0.15, -0.1) is 21.1 Å². The number of carboxylic acids is 2. The molecule has 1 saturated heterocycles. The maximum atomic E-state index is 13.4. The second-order valence-electron chi connectivity index (χ2n) is 11.2. The number of anilines is 3. The minimum atomic E-state index is -1.80. The first-order valence-electron chi connectivity index (χ1n) is 14.1. The third kappa shape index (κ3) is 5.44. The Balaban J connectivity index is 1.23. The third-order valence-electron chi connectivity index (χ3n) is 7.72. The van der Waals surface area contributed by atoms with Crippen molar-refractivity contribution in [3.63, 3.8) is 0 Å². The van der Waals surface area contributed by atoms with Crippen LogP contribution in [0.1, 0.15) is 26.1 Å². The van der Waals surface area contributed by atoms with Gasteiger partial charge in [-0.1, -0.05) is 5.16 Å². The molecule has 2 amide bonds.